The van der Waals surface area contributed by atoms with Crippen LogP contribution < -0.4 is 19.7 Å². The monoisotopic (exact) mass is 534 g/mol. The number of fused-ring (bicyclic) bond motifs is 3. The first kappa shape index (κ1) is 25.5. The molecule has 0 spiro atoms. The Morgan fingerprint density at radius 2 is 1.87 bits per heavy atom. The molecule has 0 radical (unpaired) electrons. The number of anilines is 1. The molecule has 0 aliphatic carbocycles. The molecule has 0 unspecified atom stereocenters. The van der Waals surface area contributed by atoms with Crippen LogP contribution in [0.2, 0.25) is 0 Å². The maximum Gasteiger partial charge on any atom is 0.261 e. The molecule has 5 heterocycles. The molecule has 0 saturated carbocycles. The van der Waals surface area contributed by atoms with E-state index in [1.165, 1.54) is 0 Å². The predicted molar refractivity (Wildman–Crippen MR) is 147 cm³/mol. The van der Waals surface area contributed by atoms with Crippen LogP contribution in [0.5, 0.6) is 11.5 Å². The van der Waals surface area contributed by atoms with Crippen LogP contribution in [0.3, 0.4) is 0 Å². The Kier molecular flexibility index (Phi) is 7.55. The van der Waals surface area contributed by atoms with Crippen molar-refractivity contribution in [1.29, 1.82) is 0 Å². The molecule has 0 bridgehead atoms. The molecule has 6 rings (SSSR count). The van der Waals surface area contributed by atoms with Gasteiger partial charge >= 0.3 is 0 Å². The van der Waals surface area contributed by atoms with E-state index in [1.807, 2.05) is 17.0 Å². The van der Waals surface area contributed by atoms with Crippen LogP contribution in [0.25, 0.3) is 0 Å². The molecule has 12 heteroatoms. The van der Waals surface area contributed by atoms with Crippen LogP contribution >= 0.6 is 0 Å². The van der Waals surface area contributed by atoms with Gasteiger partial charge in [-0.2, -0.15) is 0 Å². The summed E-state index contributed by atoms with van der Waals surface area (Å²) in [5.41, 5.74) is 1.81. The maximum atomic E-state index is 13.2. The lowest BCUT2D eigenvalue weighted by Gasteiger charge is -2.29. The number of hydrogen-bond acceptors (Lipinski definition) is 11. The Labute approximate surface area is 227 Å². The van der Waals surface area contributed by atoms with Crippen molar-refractivity contribution in [1.82, 2.24) is 25.1 Å². The standard InChI is InChI=1S/C27H34N8O4/c1-37-23-21(39-14-4-8-33-12-15-38-16-13-33)6-5-20-22(23)31-27(35-11-7-28-24(20)35)32-25(36)19-17-29-26(30-18-19)34-9-2-3-10-34/h5-6,17-18H,2-4,7-16H2,1H3,(H,31,32,36). The molecule has 12 nitrogen and oxygen atoms in total. The molecular formula is C27H34N8O4. The number of aliphatic imine (C=N–C) groups is 2. The third kappa shape index (κ3) is 5.39. The molecule has 0 atom stereocenters. The molecule has 2 fully saturated rings. The maximum absolute atomic E-state index is 13.2. The summed E-state index contributed by atoms with van der Waals surface area (Å²) in [7, 11) is 1.60. The number of aromatic nitrogens is 2. The highest BCUT2D eigenvalue weighted by atomic mass is 16.5. The summed E-state index contributed by atoms with van der Waals surface area (Å²) in [4.78, 5) is 37.9. The van der Waals surface area contributed by atoms with Gasteiger partial charge in [0.15, 0.2) is 11.5 Å². The number of ether oxygens (including phenoxy) is 3. The van der Waals surface area contributed by atoms with E-state index < -0.39 is 0 Å². The minimum Gasteiger partial charge on any atom is -0.491 e. The van der Waals surface area contributed by atoms with Gasteiger partial charge < -0.3 is 19.1 Å². The van der Waals surface area contributed by atoms with Crippen LogP contribution in [0.4, 0.5) is 11.6 Å². The number of morpholine rings is 1. The van der Waals surface area contributed by atoms with Gasteiger partial charge in [-0.25, -0.2) is 15.0 Å². The van der Waals surface area contributed by atoms with Gasteiger partial charge in [0.25, 0.3) is 5.91 Å². The normalized spacial score (nSPS) is 18.8. The SMILES string of the molecule is COc1c(OCCCN2CCOCC2)ccc2c1N=C(NC(=O)c1cnc(N3CCCC3)nc1)N1CCN=C21. The van der Waals surface area contributed by atoms with Crippen molar-refractivity contribution in [3.8, 4) is 11.5 Å². The highest BCUT2D eigenvalue weighted by Crippen LogP contribution is 2.43. The van der Waals surface area contributed by atoms with E-state index in [1.54, 1.807) is 19.5 Å². The zero-order valence-corrected chi connectivity index (χ0v) is 22.3. The average molecular weight is 535 g/mol. The minimum absolute atomic E-state index is 0.328. The smallest absolute Gasteiger partial charge is 0.261 e. The van der Waals surface area contributed by atoms with E-state index in [9.17, 15) is 4.79 Å². The lowest BCUT2D eigenvalue weighted by molar-refractivity contribution is 0.0357. The van der Waals surface area contributed by atoms with Crippen molar-refractivity contribution in [3.05, 3.63) is 35.7 Å². The number of methoxy groups -OCH3 is 1. The summed E-state index contributed by atoms with van der Waals surface area (Å²) in [5.74, 6) is 2.63. The van der Waals surface area contributed by atoms with Crippen molar-refractivity contribution in [3.63, 3.8) is 0 Å². The molecule has 39 heavy (non-hydrogen) atoms. The second kappa shape index (κ2) is 11.5. The summed E-state index contributed by atoms with van der Waals surface area (Å²) in [6, 6.07) is 3.86. The van der Waals surface area contributed by atoms with Gasteiger partial charge in [-0.15, -0.1) is 0 Å². The first-order valence-corrected chi connectivity index (χ1v) is 13.6. The second-order valence-corrected chi connectivity index (χ2v) is 9.86. The van der Waals surface area contributed by atoms with Crippen LogP contribution in [-0.4, -0.2) is 110 Å². The fourth-order valence-electron chi connectivity index (χ4n) is 5.29. The Bertz CT molecular complexity index is 1250. The summed E-state index contributed by atoms with van der Waals surface area (Å²) < 4.78 is 17.3. The largest absolute Gasteiger partial charge is 0.491 e. The number of rotatable bonds is 8. The Hall–Kier alpha value is -3.77. The lowest BCUT2D eigenvalue weighted by Crippen LogP contribution is -2.47. The third-order valence-electron chi connectivity index (χ3n) is 7.35. The van der Waals surface area contributed by atoms with Crippen LogP contribution in [-0.2, 0) is 4.74 Å². The molecule has 206 valence electrons. The molecule has 4 aliphatic heterocycles. The van der Waals surface area contributed by atoms with Gasteiger partial charge in [0.2, 0.25) is 11.9 Å². The number of benzene rings is 1. The zero-order chi connectivity index (χ0) is 26.6. The number of amidine groups is 1. The van der Waals surface area contributed by atoms with E-state index in [0.29, 0.717) is 54.4 Å². The van der Waals surface area contributed by atoms with Crippen LogP contribution in [0.1, 0.15) is 35.2 Å². The molecule has 2 aromatic rings. The highest BCUT2D eigenvalue weighted by molar-refractivity contribution is 6.20. The molecule has 1 aromatic carbocycles. The number of guanidine groups is 1. The summed E-state index contributed by atoms with van der Waals surface area (Å²) >= 11 is 0. The minimum atomic E-state index is -0.328. The second-order valence-electron chi connectivity index (χ2n) is 9.86. The Morgan fingerprint density at radius 1 is 1.08 bits per heavy atom. The summed E-state index contributed by atoms with van der Waals surface area (Å²) in [6.07, 6.45) is 6.30. The van der Waals surface area contributed by atoms with Gasteiger partial charge in [0.1, 0.15) is 11.5 Å². The topological polar surface area (TPSA) is 117 Å². The van der Waals surface area contributed by atoms with Crippen LogP contribution in [0.15, 0.2) is 34.5 Å². The molecular weight excluding hydrogens is 500 g/mol. The number of amides is 1. The summed E-state index contributed by atoms with van der Waals surface area (Å²) in [6.45, 7) is 8.12. The summed E-state index contributed by atoms with van der Waals surface area (Å²) in [5, 5.41) is 2.95. The number of hydrogen-bond donors (Lipinski definition) is 1. The van der Waals surface area contributed by atoms with Gasteiger partial charge in [0, 0.05) is 57.2 Å². The van der Waals surface area contributed by atoms with Crippen molar-refractivity contribution in [2.75, 3.05) is 77.6 Å². The number of nitrogens with zero attached hydrogens (tertiary/aromatic N) is 7. The number of carbonyl (C=O) groups excluding carboxylic acids is 1. The van der Waals surface area contributed by atoms with Gasteiger partial charge in [-0.1, -0.05) is 0 Å². The number of carbonyl (C=O) groups is 1. The molecule has 1 amide bonds. The zero-order valence-electron chi connectivity index (χ0n) is 22.3. The van der Waals surface area contributed by atoms with Crippen molar-refractivity contribution >= 4 is 29.3 Å². The van der Waals surface area contributed by atoms with E-state index in [2.05, 4.69) is 30.1 Å². The molecule has 2 saturated heterocycles. The first-order chi connectivity index (χ1) is 19.2. The lowest BCUT2D eigenvalue weighted by atomic mass is 10.1. The predicted octanol–water partition coefficient (Wildman–Crippen LogP) is 1.68. The van der Waals surface area contributed by atoms with Gasteiger partial charge in [0.05, 0.1) is 39.0 Å². The van der Waals surface area contributed by atoms with Gasteiger partial charge in [-0.05, 0) is 31.4 Å². The fraction of sp³-hybridized carbons (Fsp3) is 0.519. The van der Waals surface area contributed by atoms with Crippen molar-refractivity contribution in [2.24, 2.45) is 9.98 Å². The molecule has 1 aromatic heterocycles. The molecule has 1 N–H and O–H groups in total. The quantitative estimate of drug-likeness (QED) is 0.505. The third-order valence-corrected chi connectivity index (χ3v) is 7.35. The van der Waals surface area contributed by atoms with E-state index in [0.717, 1.165) is 76.6 Å². The number of nitrogens with one attached hydrogen (secondary N) is 1. The fourth-order valence-corrected chi connectivity index (χ4v) is 5.29. The Morgan fingerprint density at radius 3 is 2.64 bits per heavy atom. The van der Waals surface area contributed by atoms with Crippen molar-refractivity contribution in [2.45, 2.75) is 19.3 Å². The van der Waals surface area contributed by atoms with E-state index in [4.69, 9.17) is 19.2 Å². The van der Waals surface area contributed by atoms with Crippen LogP contribution in [0, 0.1) is 0 Å². The molecule has 4 aliphatic rings. The highest BCUT2D eigenvalue weighted by Gasteiger charge is 2.33. The van der Waals surface area contributed by atoms with Crippen molar-refractivity contribution < 1.29 is 19.0 Å². The first-order valence-electron chi connectivity index (χ1n) is 13.6. The Balaban J connectivity index is 1.18. The van der Waals surface area contributed by atoms with E-state index in [-0.39, 0.29) is 5.91 Å². The van der Waals surface area contributed by atoms with E-state index >= 15 is 0 Å². The average Bonchev–Trinajstić information content (AvgIpc) is 3.69. The van der Waals surface area contributed by atoms with Gasteiger partial charge in [-0.3, -0.25) is 24.9 Å².